The van der Waals surface area contributed by atoms with E-state index in [9.17, 15) is 9.90 Å². The highest BCUT2D eigenvalue weighted by molar-refractivity contribution is 14.1. The summed E-state index contributed by atoms with van der Waals surface area (Å²) in [5.74, 6) is 0.0249. The summed E-state index contributed by atoms with van der Waals surface area (Å²) in [4.78, 5) is 11.1. The lowest BCUT2D eigenvalue weighted by Crippen LogP contribution is -2.50. The summed E-state index contributed by atoms with van der Waals surface area (Å²) < 4.78 is -0.597. The Morgan fingerprint density at radius 2 is 2.21 bits per heavy atom. The van der Waals surface area contributed by atoms with Crippen LogP contribution in [0.25, 0.3) is 0 Å². The summed E-state index contributed by atoms with van der Waals surface area (Å²) >= 11 is 2.11. The second kappa shape index (κ2) is 4.81. The molecular formula is C11H18IO2-. The molecule has 0 aliphatic heterocycles. The Balaban J connectivity index is 2.72. The van der Waals surface area contributed by atoms with Gasteiger partial charge in [0.2, 0.25) is 0 Å². The van der Waals surface area contributed by atoms with Gasteiger partial charge < -0.3 is 9.90 Å². The number of rotatable bonds is 3. The number of hydrogen-bond acceptors (Lipinski definition) is 2. The molecule has 0 amide bonds. The topological polar surface area (TPSA) is 40.1 Å². The average Bonchev–Trinajstić information content (AvgIpc) is 2.08. The molecule has 0 heterocycles. The first-order chi connectivity index (χ1) is 6.47. The highest BCUT2D eigenvalue weighted by Crippen LogP contribution is 2.43. The van der Waals surface area contributed by atoms with Crippen LogP contribution < -0.4 is 5.11 Å². The van der Waals surface area contributed by atoms with Crippen LogP contribution in [0, 0.1) is 11.8 Å². The smallest absolute Gasteiger partial charge is 0.0643 e. The SMILES string of the molecule is CC(C)CC1CCCCC1(I)C(=O)[O-]. The van der Waals surface area contributed by atoms with Crippen molar-refractivity contribution in [3.63, 3.8) is 0 Å². The minimum absolute atomic E-state index is 0.307. The van der Waals surface area contributed by atoms with E-state index in [0.29, 0.717) is 11.8 Å². The molecule has 14 heavy (non-hydrogen) atoms. The lowest BCUT2D eigenvalue weighted by atomic mass is 9.75. The normalized spacial score (nSPS) is 33.3. The Morgan fingerprint density at radius 1 is 1.57 bits per heavy atom. The molecule has 1 fully saturated rings. The van der Waals surface area contributed by atoms with Gasteiger partial charge in [0.1, 0.15) is 0 Å². The summed E-state index contributed by atoms with van der Waals surface area (Å²) in [6.07, 6.45) is 5.06. The van der Waals surface area contributed by atoms with Gasteiger partial charge in [-0.3, -0.25) is 0 Å². The standard InChI is InChI=1S/C11H19IO2/c1-8(2)7-9-5-3-4-6-11(9,12)10(13)14/h8-9H,3-7H2,1-2H3,(H,13,14)/p-1. The average molecular weight is 309 g/mol. The van der Waals surface area contributed by atoms with Gasteiger partial charge >= 0.3 is 0 Å². The molecule has 1 aliphatic rings. The Bertz CT molecular complexity index is 215. The van der Waals surface area contributed by atoms with Crippen molar-refractivity contribution in [2.24, 2.45) is 11.8 Å². The largest absolute Gasteiger partial charge is 0.549 e. The summed E-state index contributed by atoms with van der Waals surface area (Å²) in [5.41, 5.74) is 0. The molecule has 2 nitrogen and oxygen atoms in total. The van der Waals surface area contributed by atoms with Crippen molar-refractivity contribution < 1.29 is 9.90 Å². The van der Waals surface area contributed by atoms with E-state index >= 15 is 0 Å². The van der Waals surface area contributed by atoms with Crippen LogP contribution in [0.1, 0.15) is 46.0 Å². The predicted octanol–water partition coefficient (Wildman–Crippen LogP) is 2.15. The molecule has 0 radical (unpaired) electrons. The minimum atomic E-state index is -0.858. The molecule has 3 heteroatoms. The highest BCUT2D eigenvalue weighted by atomic mass is 127. The van der Waals surface area contributed by atoms with E-state index in [1.165, 1.54) is 6.42 Å². The lowest BCUT2D eigenvalue weighted by Gasteiger charge is -2.41. The maximum Gasteiger partial charge on any atom is 0.0643 e. The van der Waals surface area contributed by atoms with Crippen LogP contribution in [0.15, 0.2) is 0 Å². The van der Waals surface area contributed by atoms with Gasteiger partial charge in [0.25, 0.3) is 0 Å². The molecule has 0 saturated heterocycles. The van der Waals surface area contributed by atoms with Gasteiger partial charge in [0.05, 0.1) is 9.39 Å². The second-order valence-electron chi connectivity index (χ2n) is 4.72. The third kappa shape index (κ3) is 2.61. The summed E-state index contributed by atoms with van der Waals surface area (Å²) in [6, 6.07) is 0. The zero-order valence-electron chi connectivity index (χ0n) is 8.88. The number of carbonyl (C=O) groups excluding carboxylic acids is 1. The van der Waals surface area contributed by atoms with Crippen molar-refractivity contribution >= 4 is 28.6 Å². The Labute approximate surface area is 99.6 Å². The maximum atomic E-state index is 11.1. The minimum Gasteiger partial charge on any atom is -0.549 e. The van der Waals surface area contributed by atoms with Crippen LogP contribution in [-0.2, 0) is 4.79 Å². The van der Waals surface area contributed by atoms with E-state index in [1.807, 2.05) is 0 Å². The molecule has 0 aromatic carbocycles. The van der Waals surface area contributed by atoms with Gasteiger partial charge in [-0.2, -0.15) is 0 Å². The van der Waals surface area contributed by atoms with E-state index < -0.39 is 9.39 Å². The highest BCUT2D eigenvalue weighted by Gasteiger charge is 2.39. The van der Waals surface area contributed by atoms with Gasteiger partial charge in [-0.15, -0.1) is 0 Å². The van der Waals surface area contributed by atoms with E-state index in [0.717, 1.165) is 25.7 Å². The van der Waals surface area contributed by atoms with Crippen molar-refractivity contribution in [1.82, 2.24) is 0 Å². The van der Waals surface area contributed by atoms with Gasteiger partial charge in [0.15, 0.2) is 0 Å². The Morgan fingerprint density at radius 3 is 2.71 bits per heavy atom. The van der Waals surface area contributed by atoms with Crippen LogP contribution in [-0.4, -0.2) is 9.39 Å². The monoisotopic (exact) mass is 309 g/mol. The number of carbonyl (C=O) groups is 1. The third-order valence-corrected chi connectivity index (χ3v) is 4.95. The number of hydrogen-bond donors (Lipinski definition) is 0. The second-order valence-corrected chi connectivity index (χ2v) is 6.65. The first kappa shape index (κ1) is 12.3. The maximum absolute atomic E-state index is 11.1. The van der Waals surface area contributed by atoms with Crippen molar-refractivity contribution in [3.05, 3.63) is 0 Å². The summed E-state index contributed by atoms with van der Waals surface area (Å²) in [7, 11) is 0. The number of alkyl halides is 1. The van der Waals surface area contributed by atoms with Crippen LogP contribution in [0.2, 0.25) is 0 Å². The van der Waals surface area contributed by atoms with Gasteiger partial charge in [-0.1, -0.05) is 49.3 Å². The van der Waals surface area contributed by atoms with Crippen molar-refractivity contribution in [3.8, 4) is 0 Å². The number of aliphatic carboxylic acids is 1. The number of carboxylic acids is 1. The fourth-order valence-corrected chi connectivity index (χ4v) is 3.30. The van der Waals surface area contributed by atoms with Crippen molar-refractivity contribution in [2.45, 2.75) is 49.4 Å². The molecule has 0 aromatic rings. The molecule has 2 atom stereocenters. The van der Waals surface area contributed by atoms with Crippen LogP contribution in [0.4, 0.5) is 0 Å². The molecule has 82 valence electrons. The third-order valence-electron chi connectivity index (χ3n) is 3.09. The van der Waals surface area contributed by atoms with Gasteiger partial charge in [-0.25, -0.2) is 0 Å². The molecule has 0 spiro atoms. The first-order valence-corrected chi connectivity index (χ1v) is 6.45. The summed E-state index contributed by atoms with van der Waals surface area (Å²) in [5, 5.41) is 11.1. The van der Waals surface area contributed by atoms with E-state index in [-0.39, 0.29) is 0 Å². The molecule has 0 bridgehead atoms. The van der Waals surface area contributed by atoms with Crippen LogP contribution >= 0.6 is 22.6 Å². The predicted molar refractivity (Wildman–Crippen MR) is 63.2 cm³/mol. The Kier molecular flexibility index (Phi) is 4.22. The van der Waals surface area contributed by atoms with E-state index in [2.05, 4.69) is 36.4 Å². The van der Waals surface area contributed by atoms with E-state index in [4.69, 9.17) is 0 Å². The molecule has 0 aromatic heterocycles. The first-order valence-electron chi connectivity index (χ1n) is 5.37. The molecular weight excluding hydrogens is 291 g/mol. The van der Waals surface area contributed by atoms with Crippen molar-refractivity contribution in [1.29, 1.82) is 0 Å². The molecule has 2 unspecified atom stereocenters. The number of halogens is 1. The Hall–Kier alpha value is 0.200. The van der Waals surface area contributed by atoms with Gasteiger partial charge in [0, 0.05) is 0 Å². The molecule has 1 aliphatic carbocycles. The van der Waals surface area contributed by atoms with Crippen LogP contribution in [0.3, 0.4) is 0 Å². The zero-order valence-corrected chi connectivity index (χ0v) is 11.0. The molecule has 0 N–H and O–H groups in total. The molecule has 1 rings (SSSR count). The van der Waals surface area contributed by atoms with Crippen LogP contribution in [0.5, 0.6) is 0 Å². The van der Waals surface area contributed by atoms with E-state index in [1.54, 1.807) is 0 Å². The molecule has 1 saturated carbocycles. The fourth-order valence-electron chi connectivity index (χ4n) is 2.35. The fraction of sp³-hybridized carbons (Fsp3) is 0.909. The lowest BCUT2D eigenvalue weighted by molar-refractivity contribution is -0.310. The zero-order chi connectivity index (χ0) is 10.8. The van der Waals surface area contributed by atoms with Gasteiger partial charge in [-0.05, 0) is 31.1 Å². The quantitative estimate of drug-likeness (QED) is 0.592. The van der Waals surface area contributed by atoms with Crippen molar-refractivity contribution in [2.75, 3.05) is 0 Å². The number of carboxylic acid groups (broad SMARTS) is 1. The summed E-state index contributed by atoms with van der Waals surface area (Å²) in [6.45, 7) is 4.31.